The summed E-state index contributed by atoms with van der Waals surface area (Å²) in [5, 5.41) is 2.92. The molecule has 0 radical (unpaired) electrons. The Bertz CT molecular complexity index is 457. The number of benzene rings is 1. The number of hydrogen-bond acceptors (Lipinski definition) is 3. The first-order valence-corrected chi connectivity index (χ1v) is 7.16. The summed E-state index contributed by atoms with van der Waals surface area (Å²) in [5.41, 5.74) is 7.31. The Kier molecular flexibility index (Phi) is 6.61. The molecule has 0 spiro atoms. The highest BCUT2D eigenvalue weighted by molar-refractivity contribution is 7.80. The predicted octanol–water partition coefficient (Wildman–Crippen LogP) is 1.32. The third-order valence-electron chi connectivity index (χ3n) is 3.27. The number of likely N-dealkylation sites (N-methyl/N-ethyl adjacent to an activating group) is 1. The van der Waals surface area contributed by atoms with Crippen LogP contribution in [-0.2, 0) is 11.2 Å². The van der Waals surface area contributed by atoms with Crippen molar-refractivity contribution in [3.05, 3.63) is 35.4 Å². The molecule has 1 aromatic rings. The molecule has 0 aromatic heterocycles. The lowest BCUT2D eigenvalue weighted by atomic mass is 10.1. The molecular formula is C15H23N3OS. The molecule has 1 aromatic carbocycles. The third kappa shape index (κ3) is 5.67. The number of rotatable bonds is 7. The number of thiocarbonyl (C=S) groups is 1. The van der Waals surface area contributed by atoms with Crippen LogP contribution in [0.3, 0.4) is 0 Å². The summed E-state index contributed by atoms with van der Waals surface area (Å²) < 4.78 is 0. The molecule has 0 fully saturated rings. The van der Waals surface area contributed by atoms with Crippen molar-refractivity contribution < 1.29 is 4.79 Å². The van der Waals surface area contributed by atoms with Crippen molar-refractivity contribution >= 4 is 23.1 Å². The van der Waals surface area contributed by atoms with E-state index in [2.05, 4.69) is 24.1 Å². The van der Waals surface area contributed by atoms with Crippen molar-refractivity contribution in [2.45, 2.75) is 26.3 Å². The van der Waals surface area contributed by atoms with Crippen LogP contribution in [0.1, 0.15) is 25.0 Å². The fourth-order valence-corrected chi connectivity index (χ4v) is 1.80. The minimum Gasteiger partial charge on any atom is -0.389 e. The van der Waals surface area contributed by atoms with Crippen molar-refractivity contribution in [3.8, 4) is 0 Å². The zero-order valence-corrected chi connectivity index (χ0v) is 13.2. The average Bonchev–Trinajstić information content (AvgIpc) is 2.39. The van der Waals surface area contributed by atoms with Gasteiger partial charge in [0.05, 0.1) is 6.42 Å². The lowest BCUT2D eigenvalue weighted by molar-refractivity contribution is -0.120. The minimum atomic E-state index is 0.0326. The van der Waals surface area contributed by atoms with E-state index in [1.807, 2.05) is 31.3 Å². The van der Waals surface area contributed by atoms with Crippen LogP contribution in [0, 0.1) is 0 Å². The zero-order valence-electron chi connectivity index (χ0n) is 12.3. The molecule has 3 N–H and O–H groups in total. The lowest BCUT2D eigenvalue weighted by Gasteiger charge is -2.20. The molecule has 0 heterocycles. The number of nitrogens with two attached hydrogens (primary N) is 1. The van der Waals surface area contributed by atoms with Gasteiger partial charge in [0.25, 0.3) is 0 Å². The molecule has 0 bridgehead atoms. The number of nitrogens with zero attached hydrogens (tertiary/aromatic N) is 1. The molecule has 0 atom stereocenters. The van der Waals surface area contributed by atoms with Gasteiger partial charge in [0.2, 0.25) is 5.91 Å². The summed E-state index contributed by atoms with van der Waals surface area (Å²) in [7, 11) is 2.05. The van der Waals surface area contributed by atoms with Gasteiger partial charge in [0.15, 0.2) is 0 Å². The van der Waals surface area contributed by atoms with Crippen LogP contribution in [0.15, 0.2) is 24.3 Å². The van der Waals surface area contributed by atoms with Crippen molar-refractivity contribution in [2.75, 3.05) is 20.1 Å². The number of hydrogen-bond donors (Lipinski definition) is 2. The van der Waals surface area contributed by atoms with E-state index in [1.165, 1.54) is 0 Å². The Labute approximate surface area is 126 Å². The first-order valence-electron chi connectivity index (χ1n) is 6.76. The van der Waals surface area contributed by atoms with Gasteiger partial charge in [-0.25, -0.2) is 0 Å². The van der Waals surface area contributed by atoms with E-state index < -0.39 is 0 Å². The van der Waals surface area contributed by atoms with Gasteiger partial charge in [-0.1, -0.05) is 36.5 Å². The van der Waals surface area contributed by atoms with Crippen molar-refractivity contribution in [2.24, 2.45) is 5.73 Å². The van der Waals surface area contributed by atoms with Crippen LogP contribution >= 0.6 is 12.2 Å². The van der Waals surface area contributed by atoms with E-state index in [9.17, 15) is 4.79 Å². The maximum atomic E-state index is 11.8. The number of amides is 1. The summed E-state index contributed by atoms with van der Waals surface area (Å²) in [5.74, 6) is 0.0326. The topological polar surface area (TPSA) is 58.4 Å². The van der Waals surface area contributed by atoms with Gasteiger partial charge in [-0.2, -0.15) is 0 Å². The summed E-state index contributed by atoms with van der Waals surface area (Å²) in [6.07, 6.45) is 0.378. The summed E-state index contributed by atoms with van der Waals surface area (Å²) >= 11 is 4.89. The Morgan fingerprint density at radius 2 is 1.95 bits per heavy atom. The van der Waals surface area contributed by atoms with Gasteiger partial charge in [0, 0.05) is 24.7 Å². The van der Waals surface area contributed by atoms with E-state index in [4.69, 9.17) is 18.0 Å². The largest absolute Gasteiger partial charge is 0.389 e. The Hall–Kier alpha value is -1.46. The zero-order chi connectivity index (χ0) is 15.1. The monoisotopic (exact) mass is 293 g/mol. The van der Waals surface area contributed by atoms with Gasteiger partial charge in [-0.15, -0.1) is 0 Å². The van der Waals surface area contributed by atoms with Crippen LogP contribution in [0.2, 0.25) is 0 Å². The molecule has 0 aliphatic carbocycles. The van der Waals surface area contributed by atoms with Crippen LogP contribution < -0.4 is 11.1 Å². The van der Waals surface area contributed by atoms with Crippen LogP contribution in [0.25, 0.3) is 0 Å². The predicted molar refractivity (Wildman–Crippen MR) is 86.8 cm³/mol. The molecule has 0 aliphatic heterocycles. The second-order valence-corrected chi connectivity index (χ2v) is 5.60. The molecule has 1 rings (SSSR count). The fraction of sp³-hybridized carbons (Fsp3) is 0.467. The summed E-state index contributed by atoms with van der Waals surface area (Å²) in [4.78, 5) is 14.4. The van der Waals surface area contributed by atoms with Crippen LogP contribution in [-0.4, -0.2) is 42.0 Å². The second-order valence-electron chi connectivity index (χ2n) is 5.16. The molecular weight excluding hydrogens is 270 g/mol. The molecule has 0 saturated carbocycles. The summed E-state index contributed by atoms with van der Waals surface area (Å²) in [6, 6.07) is 7.94. The Morgan fingerprint density at radius 1 is 1.35 bits per heavy atom. The van der Waals surface area contributed by atoms with Crippen molar-refractivity contribution in [3.63, 3.8) is 0 Å². The van der Waals surface area contributed by atoms with E-state index in [-0.39, 0.29) is 5.91 Å². The Morgan fingerprint density at radius 3 is 2.45 bits per heavy atom. The number of carbonyl (C=O) groups excluding carboxylic acids is 1. The molecule has 1 amide bonds. The normalized spacial score (nSPS) is 10.8. The smallest absolute Gasteiger partial charge is 0.224 e. The standard InChI is InChI=1S/C15H23N3OS/c1-11(2)18(3)9-8-17-14(19)10-12-4-6-13(7-5-12)15(16)20/h4-7,11H,8-10H2,1-3H3,(H2,16,20)(H,17,19). The van der Waals surface area contributed by atoms with E-state index in [0.717, 1.165) is 17.7 Å². The van der Waals surface area contributed by atoms with E-state index in [1.54, 1.807) is 0 Å². The van der Waals surface area contributed by atoms with Gasteiger partial charge in [-0.05, 0) is 26.5 Å². The summed E-state index contributed by atoms with van der Waals surface area (Å²) in [6.45, 7) is 5.78. The molecule has 20 heavy (non-hydrogen) atoms. The van der Waals surface area contributed by atoms with Crippen LogP contribution in [0.4, 0.5) is 0 Å². The van der Waals surface area contributed by atoms with Crippen molar-refractivity contribution in [1.82, 2.24) is 10.2 Å². The van der Waals surface area contributed by atoms with Gasteiger partial charge < -0.3 is 16.0 Å². The van der Waals surface area contributed by atoms with Crippen LogP contribution in [0.5, 0.6) is 0 Å². The van der Waals surface area contributed by atoms with Gasteiger partial charge in [0.1, 0.15) is 4.99 Å². The van der Waals surface area contributed by atoms with Gasteiger partial charge in [-0.3, -0.25) is 4.79 Å². The highest BCUT2D eigenvalue weighted by atomic mass is 32.1. The molecule has 5 heteroatoms. The highest BCUT2D eigenvalue weighted by Gasteiger charge is 2.06. The lowest BCUT2D eigenvalue weighted by Crippen LogP contribution is -2.36. The van der Waals surface area contributed by atoms with E-state index in [0.29, 0.717) is 24.0 Å². The van der Waals surface area contributed by atoms with E-state index >= 15 is 0 Å². The first-order chi connectivity index (χ1) is 9.40. The fourth-order valence-electron chi connectivity index (χ4n) is 1.66. The first kappa shape index (κ1) is 16.6. The maximum Gasteiger partial charge on any atom is 0.224 e. The number of nitrogens with one attached hydrogen (secondary N) is 1. The highest BCUT2D eigenvalue weighted by Crippen LogP contribution is 2.05. The quantitative estimate of drug-likeness (QED) is 0.745. The SMILES string of the molecule is CC(C)N(C)CCNC(=O)Cc1ccc(C(N)=S)cc1. The molecule has 110 valence electrons. The molecule has 4 nitrogen and oxygen atoms in total. The molecule has 0 aliphatic rings. The second kappa shape index (κ2) is 7.97. The number of carbonyl (C=O) groups is 1. The van der Waals surface area contributed by atoms with Gasteiger partial charge >= 0.3 is 0 Å². The molecule has 0 unspecified atom stereocenters. The third-order valence-corrected chi connectivity index (χ3v) is 3.51. The molecule has 0 saturated heterocycles. The minimum absolute atomic E-state index is 0.0326. The Balaban J connectivity index is 2.37. The maximum absolute atomic E-state index is 11.8. The average molecular weight is 293 g/mol. The van der Waals surface area contributed by atoms with Crippen molar-refractivity contribution in [1.29, 1.82) is 0 Å².